The number of hydrogen-bond donors (Lipinski definition) is 3. The molecule has 3 N–H and O–H groups in total. The van der Waals surface area contributed by atoms with Crippen LogP contribution in [0, 0.1) is 5.92 Å². The second-order valence-electron chi connectivity index (χ2n) is 3.93. The minimum Gasteiger partial charge on any atom is -0.394 e. The molecule has 0 aromatic rings. The average Bonchev–Trinajstić information content (AvgIpc) is 2.10. The van der Waals surface area contributed by atoms with Gasteiger partial charge in [0.1, 0.15) is 12.1 Å². The summed E-state index contributed by atoms with van der Waals surface area (Å²) in [5, 5.41) is 13.8. The van der Waals surface area contributed by atoms with E-state index in [9.17, 15) is 9.59 Å². The van der Waals surface area contributed by atoms with Crippen molar-refractivity contribution < 1.29 is 14.7 Å². The number of carbonyl (C=O) groups is 2. The number of hydrogen-bond acceptors (Lipinski definition) is 3. The third-order valence-electron chi connectivity index (χ3n) is 2.16. The molecule has 0 aromatic heterocycles. The van der Waals surface area contributed by atoms with Crippen LogP contribution in [0.2, 0.25) is 0 Å². The minimum atomic E-state index is -0.786. The lowest BCUT2D eigenvalue weighted by atomic mass is 10.0. The Morgan fingerprint density at radius 1 is 1.21 bits per heavy atom. The second kappa shape index (κ2) is 4.41. The molecule has 0 aromatic carbocycles. The van der Waals surface area contributed by atoms with Gasteiger partial charge in [0.2, 0.25) is 11.8 Å². The summed E-state index contributed by atoms with van der Waals surface area (Å²) in [6.45, 7) is 3.61. The molecule has 0 aliphatic carbocycles. The van der Waals surface area contributed by atoms with Gasteiger partial charge in [-0.15, -0.1) is 0 Å². The summed E-state index contributed by atoms with van der Waals surface area (Å²) in [6.07, 6.45) is 0.621. The number of piperazine rings is 1. The number of aliphatic hydroxyl groups excluding tert-OH is 1. The maximum absolute atomic E-state index is 11.4. The van der Waals surface area contributed by atoms with E-state index < -0.39 is 12.1 Å². The Bertz CT molecular complexity index is 240. The average molecular weight is 200 g/mol. The molecule has 1 aliphatic heterocycles. The summed E-state index contributed by atoms with van der Waals surface area (Å²) in [5.74, 6) is -0.174. The van der Waals surface area contributed by atoms with Crippen LogP contribution in [-0.2, 0) is 9.59 Å². The fraction of sp³-hybridized carbons (Fsp3) is 0.778. The molecule has 1 fully saturated rings. The van der Waals surface area contributed by atoms with Gasteiger partial charge < -0.3 is 15.7 Å². The van der Waals surface area contributed by atoms with E-state index in [2.05, 4.69) is 10.6 Å². The Balaban J connectivity index is 2.57. The number of rotatable bonds is 3. The third kappa shape index (κ3) is 2.45. The minimum absolute atomic E-state index is 0.211. The molecule has 0 saturated carbocycles. The van der Waals surface area contributed by atoms with E-state index >= 15 is 0 Å². The zero-order valence-electron chi connectivity index (χ0n) is 8.41. The molecular formula is C9H16N2O3. The molecule has 5 heteroatoms. The van der Waals surface area contributed by atoms with Crippen LogP contribution in [0.3, 0.4) is 0 Å². The van der Waals surface area contributed by atoms with Gasteiger partial charge in [-0.1, -0.05) is 13.8 Å². The lowest BCUT2D eigenvalue weighted by molar-refractivity contribution is -0.138. The van der Waals surface area contributed by atoms with E-state index in [0.29, 0.717) is 12.3 Å². The number of amides is 2. The Hall–Kier alpha value is -1.10. The van der Waals surface area contributed by atoms with Crippen molar-refractivity contribution in [2.24, 2.45) is 5.92 Å². The molecule has 0 radical (unpaired) electrons. The van der Waals surface area contributed by atoms with Crippen LogP contribution in [0.1, 0.15) is 20.3 Å². The Morgan fingerprint density at radius 3 is 2.21 bits per heavy atom. The molecular weight excluding hydrogens is 184 g/mol. The summed E-state index contributed by atoms with van der Waals surface area (Å²) in [5.41, 5.74) is 0. The van der Waals surface area contributed by atoms with Gasteiger partial charge in [-0.3, -0.25) is 9.59 Å². The summed E-state index contributed by atoms with van der Waals surface area (Å²) >= 11 is 0. The first-order valence-electron chi connectivity index (χ1n) is 4.76. The largest absolute Gasteiger partial charge is 0.394 e. The Labute approximate surface area is 82.9 Å². The van der Waals surface area contributed by atoms with Crippen LogP contribution in [-0.4, -0.2) is 35.6 Å². The van der Waals surface area contributed by atoms with E-state index in [-0.39, 0.29) is 18.4 Å². The van der Waals surface area contributed by atoms with Gasteiger partial charge in [0.15, 0.2) is 0 Å². The highest BCUT2D eigenvalue weighted by Gasteiger charge is 2.33. The van der Waals surface area contributed by atoms with Gasteiger partial charge in [0, 0.05) is 0 Å². The maximum Gasteiger partial charge on any atom is 0.245 e. The van der Waals surface area contributed by atoms with Crippen LogP contribution in [0.5, 0.6) is 0 Å². The molecule has 1 aliphatic rings. The zero-order valence-corrected chi connectivity index (χ0v) is 8.41. The van der Waals surface area contributed by atoms with Crippen molar-refractivity contribution in [3.05, 3.63) is 0 Å². The van der Waals surface area contributed by atoms with Crippen LogP contribution < -0.4 is 10.6 Å². The predicted octanol–water partition coefficient (Wildman–Crippen LogP) is -0.992. The first-order valence-corrected chi connectivity index (χ1v) is 4.76. The highest BCUT2D eigenvalue weighted by atomic mass is 16.3. The quantitative estimate of drug-likeness (QED) is 0.547. The first kappa shape index (κ1) is 11.0. The highest BCUT2D eigenvalue weighted by Crippen LogP contribution is 2.08. The smallest absolute Gasteiger partial charge is 0.245 e. The highest BCUT2D eigenvalue weighted by molar-refractivity contribution is 5.96. The number of aliphatic hydroxyl groups is 1. The van der Waals surface area contributed by atoms with E-state index in [1.807, 2.05) is 13.8 Å². The number of nitrogens with one attached hydrogen (secondary N) is 2. The summed E-state index contributed by atoms with van der Waals surface area (Å²) in [4.78, 5) is 22.7. The van der Waals surface area contributed by atoms with Crippen LogP contribution in [0.4, 0.5) is 0 Å². The fourth-order valence-corrected chi connectivity index (χ4v) is 1.44. The van der Waals surface area contributed by atoms with E-state index in [1.165, 1.54) is 0 Å². The zero-order chi connectivity index (χ0) is 10.7. The fourth-order valence-electron chi connectivity index (χ4n) is 1.44. The van der Waals surface area contributed by atoms with Crippen molar-refractivity contribution in [2.75, 3.05) is 6.61 Å². The van der Waals surface area contributed by atoms with Crippen LogP contribution in [0.25, 0.3) is 0 Å². The van der Waals surface area contributed by atoms with Gasteiger partial charge in [-0.05, 0) is 12.3 Å². The Morgan fingerprint density at radius 2 is 1.71 bits per heavy atom. The van der Waals surface area contributed by atoms with E-state index in [4.69, 9.17) is 5.11 Å². The van der Waals surface area contributed by atoms with Crippen molar-refractivity contribution in [2.45, 2.75) is 32.4 Å². The molecule has 0 unspecified atom stereocenters. The SMILES string of the molecule is CC(C)C[C@H]1NC(=O)[C@H](CO)NC1=O. The van der Waals surface area contributed by atoms with Gasteiger partial charge in [0.25, 0.3) is 0 Å². The molecule has 5 nitrogen and oxygen atoms in total. The standard InChI is InChI=1S/C9H16N2O3/c1-5(2)3-6-8(13)11-7(4-12)9(14)10-6/h5-7,12H,3-4H2,1-2H3,(H,10,14)(H,11,13)/t6-,7+/m1/s1. The summed E-state index contributed by atoms with van der Waals surface area (Å²) < 4.78 is 0. The van der Waals surface area contributed by atoms with Crippen LogP contribution in [0.15, 0.2) is 0 Å². The monoisotopic (exact) mass is 200 g/mol. The van der Waals surface area contributed by atoms with Gasteiger partial charge >= 0.3 is 0 Å². The topological polar surface area (TPSA) is 78.4 Å². The molecule has 2 amide bonds. The molecule has 1 rings (SSSR count). The molecule has 2 atom stereocenters. The van der Waals surface area contributed by atoms with Gasteiger partial charge in [-0.25, -0.2) is 0 Å². The van der Waals surface area contributed by atoms with Crippen molar-refractivity contribution in [3.63, 3.8) is 0 Å². The molecule has 0 spiro atoms. The molecule has 0 bridgehead atoms. The van der Waals surface area contributed by atoms with Crippen molar-refractivity contribution >= 4 is 11.8 Å². The normalized spacial score (nSPS) is 27.4. The lowest BCUT2D eigenvalue weighted by Gasteiger charge is -2.29. The van der Waals surface area contributed by atoms with Crippen molar-refractivity contribution in [1.82, 2.24) is 10.6 Å². The second-order valence-corrected chi connectivity index (χ2v) is 3.93. The van der Waals surface area contributed by atoms with Gasteiger partial charge in [-0.2, -0.15) is 0 Å². The summed E-state index contributed by atoms with van der Waals surface area (Å²) in [6, 6.07) is -1.24. The molecule has 14 heavy (non-hydrogen) atoms. The Kier molecular flexibility index (Phi) is 3.46. The third-order valence-corrected chi connectivity index (χ3v) is 2.16. The van der Waals surface area contributed by atoms with E-state index in [0.717, 1.165) is 0 Å². The van der Waals surface area contributed by atoms with Crippen LogP contribution >= 0.6 is 0 Å². The van der Waals surface area contributed by atoms with Crippen molar-refractivity contribution in [3.8, 4) is 0 Å². The van der Waals surface area contributed by atoms with Gasteiger partial charge in [0.05, 0.1) is 6.61 Å². The lowest BCUT2D eigenvalue weighted by Crippen LogP contribution is -2.63. The van der Waals surface area contributed by atoms with Crippen molar-refractivity contribution in [1.29, 1.82) is 0 Å². The molecule has 1 saturated heterocycles. The molecule has 80 valence electrons. The molecule has 1 heterocycles. The predicted molar refractivity (Wildman–Crippen MR) is 50.4 cm³/mol. The first-order chi connectivity index (χ1) is 6.54. The summed E-state index contributed by atoms with van der Waals surface area (Å²) in [7, 11) is 0. The van der Waals surface area contributed by atoms with E-state index in [1.54, 1.807) is 0 Å². The number of carbonyl (C=O) groups excluding carboxylic acids is 2. The maximum atomic E-state index is 11.4.